The van der Waals surface area contributed by atoms with Crippen molar-refractivity contribution in [1.29, 1.82) is 0 Å². The maximum atomic E-state index is 13.3. The standard InChI is InChI=1S/C16H15BrClFO/c17-14-10-12(6-7-15(14)19)11-16(20,8-9-18)13-4-2-1-3-5-13/h1-7,10,20H,8-9,11H2. The Morgan fingerprint density at radius 2 is 1.85 bits per heavy atom. The summed E-state index contributed by atoms with van der Waals surface area (Å²) in [6.07, 6.45) is 0.830. The van der Waals surface area contributed by atoms with E-state index in [-0.39, 0.29) is 5.82 Å². The summed E-state index contributed by atoms with van der Waals surface area (Å²) in [5.41, 5.74) is 0.635. The van der Waals surface area contributed by atoms with Crippen molar-refractivity contribution in [2.24, 2.45) is 0 Å². The number of alkyl halides is 1. The second-order valence-electron chi connectivity index (χ2n) is 4.76. The van der Waals surface area contributed by atoms with Crippen molar-refractivity contribution in [1.82, 2.24) is 0 Å². The van der Waals surface area contributed by atoms with Crippen LogP contribution in [0.3, 0.4) is 0 Å². The van der Waals surface area contributed by atoms with Crippen molar-refractivity contribution in [2.45, 2.75) is 18.4 Å². The highest BCUT2D eigenvalue weighted by Crippen LogP contribution is 2.31. The average Bonchev–Trinajstić information content (AvgIpc) is 2.44. The Balaban J connectivity index is 2.31. The van der Waals surface area contributed by atoms with Gasteiger partial charge in [0.1, 0.15) is 5.82 Å². The molecule has 0 aliphatic carbocycles. The van der Waals surface area contributed by atoms with E-state index in [0.717, 1.165) is 11.1 Å². The van der Waals surface area contributed by atoms with E-state index in [1.54, 1.807) is 12.1 Å². The lowest BCUT2D eigenvalue weighted by molar-refractivity contribution is 0.0336. The molecule has 0 saturated heterocycles. The van der Waals surface area contributed by atoms with Gasteiger partial charge in [-0.3, -0.25) is 0 Å². The van der Waals surface area contributed by atoms with Gasteiger partial charge in [-0.2, -0.15) is 0 Å². The van der Waals surface area contributed by atoms with Gasteiger partial charge in [-0.1, -0.05) is 36.4 Å². The van der Waals surface area contributed by atoms with Crippen molar-refractivity contribution >= 4 is 27.5 Å². The molecule has 20 heavy (non-hydrogen) atoms. The van der Waals surface area contributed by atoms with Gasteiger partial charge < -0.3 is 5.11 Å². The zero-order chi connectivity index (χ0) is 14.6. The van der Waals surface area contributed by atoms with E-state index >= 15 is 0 Å². The van der Waals surface area contributed by atoms with Gasteiger partial charge in [0.15, 0.2) is 0 Å². The summed E-state index contributed by atoms with van der Waals surface area (Å²) in [6, 6.07) is 14.2. The Bertz CT molecular complexity index is 576. The normalized spacial score (nSPS) is 14.0. The van der Waals surface area contributed by atoms with E-state index < -0.39 is 5.60 Å². The fourth-order valence-electron chi connectivity index (χ4n) is 2.23. The second-order valence-corrected chi connectivity index (χ2v) is 5.99. The highest BCUT2D eigenvalue weighted by Gasteiger charge is 2.29. The maximum Gasteiger partial charge on any atom is 0.137 e. The van der Waals surface area contributed by atoms with Gasteiger partial charge in [0.05, 0.1) is 10.1 Å². The predicted molar refractivity (Wildman–Crippen MR) is 83.5 cm³/mol. The fraction of sp³-hybridized carbons (Fsp3) is 0.250. The highest BCUT2D eigenvalue weighted by atomic mass is 79.9. The summed E-state index contributed by atoms with van der Waals surface area (Å²) in [6.45, 7) is 0. The number of halogens is 3. The summed E-state index contributed by atoms with van der Waals surface area (Å²) in [5, 5.41) is 10.9. The molecule has 2 rings (SSSR count). The summed E-state index contributed by atoms with van der Waals surface area (Å²) < 4.78 is 13.7. The molecule has 0 spiro atoms. The number of benzene rings is 2. The van der Waals surface area contributed by atoms with Crippen molar-refractivity contribution < 1.29 is 9.50 Å². The smallest absolute Gasteiger partial charge is 0.137 e. The molecule has 2 aromatic rings. The van der Waals surface area contributed by atoms with Crippen LogP contribution in [0.15, 0.2) is 53.0 Å². The molecule has 0 saturated carbocycles. The quantitative estimate of drug-likeness (QED) is 0.772. The van der Waals surface area contributed by atoms with E-state index in [1.165, 1.54) is 6.07 Å². The Kier molecular flexibility index (Phi) is 5.19. The van der Waals surface area contributed by atoms with Crippen LogP contribution in [-0.4, -0.2) is 11.0 Å². The molecule has 0 aromatic heterocycles. The van der Waals surface area contributed by atoms with E-state index in [0.29, 0.717) is 23.2 Å². The zero-order valence-electron chi connectivity index (χ0n) is 10.8. The molecule has 106 valence electrons. The van der Waals surface area contributed by atoms with E-state index in [4.69, 9.17) is 11.6 Å². The third-order valence-corrected chi connectivity index (χ3v) is 4.10. The SMILES string of the molecule is OC(CCCl)(Cc1ccc(F)c(Br)c1)c1ccccc1. The highest BCUT2D eigenvalue weighted by molar-refractivity contribution is 9.10. The van der Waals surface area contributed by atoms with Gasteiger partial charge in [-0.15, -0.1) is 11.6 Å². The van der Waals surface area contributed by atoms with Gasteiger partial charge >= 0.3 is 0 Å². The van der Waals surface area contributed by atoms with Gasteiger partial charge in [0, 0.05) is 12.3 Å². The predicted octanol–water partition coefficient (Wildman–Crippen LogP) is 4.65. The Labute approximate surface area is 131 Å². The van der Waals surface area contributed by atoms with Crippen molar-refractivity contribution in [2.75, 3.05) is 5.88 Å². The van der Waals surface area contributed by atoms with Crippen LogP contribution in [0.25, 0.3) is 0 Å². The Hall–Kier alpha value is -0.900. The molecule has 1 atom stereocenters. The molecule has 0 heterocycles. The Morgan fingerprint density at radius 1 is 1.15 bits per heavy atom. The topological polar surface area (TPSA) is 20.2 Å². The summed E-state index contributed by atoms with van der Waals surface area (Å²) in [5.74, 6) is 0.0441. The molecule has 1 N–H and O–H groups in total. The minimum absolute atomic E-state index is 0.311. The van der Waals surface area contributed by atoms with Crippen molar-refractivity contribution in [3.63, 3.8) is 0 Å². The van der Waals surface area contributed by atoms with Crippen molar-refractivity contribution in [3.8, 4) is 0 Å². The summed E-state index contributed by atoms with van der Waals surface area (Å²) in [7, 11) is 0. The van der Waals surface area contributed by atoms with Gasteiger partial charge in [-0.25, -0.2) is 4.39 Å². The fourth-order valence-corrected chi connectivity index (χ4v) is 2.97. The molecule has 0 fully saturated rings. The Morgan fingerprint density at radius 3 is 2.45 bits per heavy atom. The molecular weight excluding hydrogens is 343 g/mol. The first-order chi connectivity index (χ1) is 9.55. The lowest BCUT2D eigenvalue weighted by Gasteiger charge is -2.28. The lowest BCUT2D eigenvalue weighted by atomic mass is 9.85. The molecular formula is C16H15BrClFO. The average molecular weight is 358 g/mol. The third-order valence-electron chi connectivity index (χ3n) is 3.30. The number of rotatable bonds is 5. The van der Waals surface area contributed by atoms with Crippen LogP contribution in [-0.2, 0) is 12.0 Å². The summed E-state index contributed by atoms with van der Waals surface area (Å²) in [4.78, 5) is 0. The van der Waals surface area contributed by atoms with E-state index in [9.17, 15) is 9.50 Å². The molecule has 4 heteroatoms. The minimum atomic E-state index is -1.04. The molecule has 0 aliphatic rings. The van der Waals surface area contributed by atoms with Gasteiger partial charge in [-0.05, 0) is 45.6 Å². The first kappa shape index (κ1) is 15.5. The van der Waals surface area contributed by atoms with Crippen LogP contribution in [0.1, 0.15) is 17.5 Å². The van der Waals surface area contributed by atoms with Crippen LogP contribution >= 0.6 is 27.5 Å². The molecule has 0 radical (unpaired) electrons. The molecule has 2 aromatic carbocycles. The van der Waals surface area contributed by atoms with Crippen LogP contribution < -0.4 is 0 Å². The third kappa shape index (κ3) is 3.60. The van der Waals surface area contributed by atoms with Gasteiger partial charge in [0.2, 0.25) is 0 Å². The van der Waals surface area contributed by atoms with Crippen LogP contribution in [0.5, 0.6) is 0 Å². The van der Waals surface area contributed by atoms with E-state index in [1.807, 2.05) is 30.3 Å². The number of hydrogen-bond donors (Lipinski definition) is 1. The number of hydrogen-bond acceptors (Lipinski definition) is 1. The first-order valence-corrected chi connectivity index (χ1v) is 7.66. The molecule has 0 aliphatic heterocycles. The molecule has 0 amide bonds. The van der Waals surface area contributed by atoms with Crippen LogP contribution in [0, 0.1) is 5.82 Å². The summed E-state index contributed by atoms with van der Waals surface area (Å²) >= 11 is 9.00. The molecule has 1 unspecified atom stereocenters. The lowest BCUT2D eigenvalue weighted by Crippen LogP contribution is -2.29. The largest absolute Gasteiger partial charge is 0.385 e. The van der Waals surface area contributed by atoms with Crippen LogP contribution in [0.2, 0.25) is 0 Å². The minimum Gasteiger partial charge on any atom is -0.385 e. The van der Waals surface area contributed by atoms with E-state index in [2.05, 4.69) is 15.9 Å². The maximum absolute atomic E-state index is 13.3. The van der Waals surface area contributed by atoms with Gasteiger partial charge in [0.25, 0.3) is 0 Å². The second kappa shape index (κ2) is 6.70. The van der Waals surface area contributed by atoms with Crippen molar-refractivity contribution in [3.05, 3.63) is 69.9 Å². The number of aliphatic hydroxyl groups is 1. The zero-order valence-corrected chi connectivity index (χ0v) is 13.2. The first-order valence-electron chi connectivity index (χ1n) is 6.33. The van der Waals surface area contributed by atoms with Crippen LogP contribution in [0.4, 0.5) is 4.39 Å². The molecule has 0 bridgehead atoms. The monoisotopic (exact) mass is 356 g/mol. The molecule has 1 nitrogen and oxygen atoms in total.